The van der Waals surface area contributed by atoms with Crippen LogP contribution in [0.15, 0.2) is 48.5 Å². The lowest BCUT2D eigenvalue weighted by Crippen LogP contribution is -2.43. The van der Waals surface area contributed by atoms with Crippen LogP contribution < -0.4 is 31.7 Å². The Kier molecular flexibility index (Phi) is 4.18. The van der Waals surface area contributed by atoms with Crippen LogP contribution in [0.4, 0.5) is 11.5 Å². The number of para-hydroxylation sites is 1. The van der Waals surface area contributed by atoms with Crippen LogP contribution in [0.2, 0.25) is 5.02 Å². The van der Waals surface area contributed by atoms with Crippen molar-refractivity contribution < 1.29 is 4.74 Å². The van der Waals surface area contributed by atoms with Crippen LogP contribution in [0, 0.1) is 0 Å². The lowest BCUT2D eigenvalue weighted by Gasteiger charge is -2.19. The molecule has 0 atom stereocenters. The van der Waals surface area contributed by atoms with E-state index in [0.717, 1.165) is 39.0 Å². The molecule has 4 rings (SSSR count). The Bertz CT molecular complexity index is 1090. The maximum atomic E-state index is 6.26. The van der Waals surface area contributed by atoms with Crippen LogP contribution in [0.5, 0.6) is 5.75 Å². The summed E-state index contributed by atoms with van der Waals surface area (Å²) in [7, 11) is 1.65. The number of nitrogens with one attached hydrogen (secondary N) is 3. The van der Waals surface area contributed by atoms with E-state index in [9.17, 15) is 0 Å². The Morgan fingerprint density at radius 3 is 2.85 bits per heavy atom. The number of methoxy groups -OCH3 is 1. The van der Waals surface area contributed by atoms with E-state index in [0.29, 0.717) is 17.4 Å². The van der Waals surface area contributed by atoms with Gasteiger partial charge in [-0.2, -0.15) is 5.10 Å². The molecule has 6 nitrogen and oxygen atoms in total. The molecule has 0 aliphatic carbocycles. The summed E-state index contributed by atoms with van der Waals surface area (Å²) in [5.41, 5.74) is 9.04. The van der Waals surface area contributed by atoms with Gasteiger partial charge in [-0.15, -0.1) is 0 Å². The third kappa shape index (κ3) is 2.84. The predicted octanol–water partition coefficient (Wildman–Crippen LogP) is 1.63. The summed E-state index contributed by atoms with van der Waals surface area (Å²) >= 11 is 6.26. The fraction of sp³-hybridized carbons (Fsp3) is 0.105. The fourth-order valence-corrected chi connectivity index (χ4v) is 3.24. The van der Waals surface area contributed by atoms with Crippen LogP contribution in [0.25, 0.3) is 11.4 Å². The molecule has 0 amide bonds. The van der Waals surface area contributed by atoms with Crippen LogP contribution in [0.1, 0.15) is 5.56 Å². The van der Waals surface area contributed by atoms with E-state index in [1.165, 1.54) is 0 Å². The summed E-state index contributed by atoms with van der Waals surface area (Å²) in [5, 5.41) is 16.2. The summed E-state index contributed by atoms with van der Waals surface area (Å²) in [5.74, 6) is 2.03. The number of ether oxygens (including phenoxy) is 1. The average Bonchev–Trinajstić information content (AvgIpc) is 3.06. The molecule has 1 aromatic heterocycles. The predicted molar refractivity (Wildman–Crippen MR) is 104 cm³/mol. The normalized spacial score (nSPS) is 13.2. The number of rotatable bonds is 4. The minimum Gasteiger partial charge on any atom is -0.497 e. The van der Waals surface area contributed by atoms with Gasteiger partial charge in [0.1, 0.15) is 16.9 Å². The fourth-order valence-electron chi connectivity index (χ4n) is 3.06. The monoisotopic (exact) mass is 367 g/mol. The number of H-pyrrole nitrogens is 1. The van der Waals surface area contributed by atoms with Crippen LogP contribution in [-0.2, 0) is 0 Å². The highest BCUT2D eigenvalue weighted by molar-refractivity contribution is 6.33. The summed E-state index contributed by atoms with van der Waals surface area (Å²) < 4.78 is 5.34. The zero-order valence-corrected chi connectivity index (χ0v) is 14.9. The van der Waals surface area contributed by atoms with Crippen molar-refractivity contribution in [2.45, 2.75) is 0 Å². The quantitative estimate of drug-likeness (QED) is 0.563. The Morgan fingerprint density at radius 2 is 2.04 bits per heavy atom. The van der Waals surface area contributed by atoms with Crippen molar-refractivity contribution in [1.82, 2.24) is 15.5 Å². The molecule has 0 bridgehead atoms. The topological polar surface area (TPSA) is 88.0 Å². The number of aromatic nitrogens is 2. The molecule has 1 aliphatic rings. The van der Waals surface area contributed by atoms with E-state index in [1.54, 1.807) is 7.11 Å². The van der Waals surface area contributed by atoms with Crippen molar-refractivity contribution in [3.8, 4) is 5.75 Å². The van der Waals surface area contributed by atoms with Crippen LogP contribution in [-0.4, -0.2) is 23.9 Å². The lowest BCUT2D eigenvalue weighted by atomic mass is 10.0. The van der Waals surface area contributed by atoms with Gasteiger partial charge in [0.15, 0.2) is 5.82 Å². The highest BCUT2D eigenvalue weighted by Gasteiger charge is 2.17. The number of aromatic amines is 1. The summed E-state index contributed by atoms with van der Waals surface area (Å²) in [6, 6.07) is 15.5. The molecule has 0 fully saturated rings. The second kappa shape index (κ2) is 6.65. The van der Waals surface area contributed by atoms with Crippen molar-refractivity contribution >= 4 is 34.5 Å². The molecule has 132 valence electrons. The number of anilines is 2. The van der Waals surface area contributed by atoms with E-state index >= 15 is 0 Å². The van der Waals surface area contributed by atoms with E-state index in [4.69, 9.17) is 22.1 Å². The molecule has 1 aliphatic heterocycles. The number of fused-ring (bicyclic) bond motifs is 1. The molecule has 0 spiro atoms. The summed E-state index contributed by atoms with van der Waals surface area (Å²) in [6.07, 6.45) is 0. The van der Waals surface area contributed by atoms with Crippen molar-refractivity contribution in [3.05, 3.63) is 69.7 Å². The molecule has 0 unspecified atom stereocenters. The minimum atomic E-state index is 0.456. The molecular weight excluding hydrogens is 350 g/mol. The molecule has 7 heteroatoms. The first-order valence-electron chi connectivity index (χ1n) is 8.14. The molecule has 26 heavy (non-hydrogen) atoms. The van der Waals surface area contributed by atoms with Crippen molar-refractivity contribution in [3.63, 3.8) is 0 Å². The first-order valence-corrected chi connectivity index (χ1v) is 8.52. The molecule has 2 aromatic carbocycles. The zero-order chi connectivity index (χ0) is 18.1. The zero-order valence-electron chi connectivity index (χ0n) is 14.1. The molecule has 0 saturated carbocycles. The Morgan fingerprint density at radius 1 is 1.19 bits per heavy atom. The van der Waals surface area contributed by atoms with Crippen LogP contribution >= 0.6 is 11.6 Å². The van der Waals surface area contributed by atoms with Crippen molar-refractivity contribution in [1.29, 1.82) is 0 Å². The molecule has 3 aromatic rings. The summed E-state index contributed by atoms with van der Waals surface area (Å²) in [6.45, 7) is 0.594. The molecule has 0 radical (unpaired) electrons. The molecule has 0 saturated heterocycles. The molecular formula is C19H18ClN5O. The van der Waals surface area contributed by atoms with Gasteiger partial charge in [-0.3, -0.25) is 5.10 Å². The smallest absolute Gasteiger partial charge is 0.153 e. The van der Waals surface area contributed by atoms with E-state index in [2.05, 4.69) is 20.8 Å². The Hall–Kier alpha value is -3.12. The minimum absolute atomic E-state index is 0.456. The highest BCUT2D eigenvalue weighted by atomic mass is 35.5. The second-order valence-corrected chi connectivity index (χ2v) is 6.31. The van der Waals surface area contributed by atoms with Gasteiger partial charge in [-0.05, 0) is 35.4 Å². The van der Waals surface area contributed by atoms with Crippen molar-refractivity contribution in [2.24, 2.45) is 0 Å². The highest BCUT2D eigenvalue weighted by Crippen LogP contribution is 2.23. The lowest BCUT2D eigenvalue weighted by molar-refractivity contribution is 0.414. The number of nitrogen functional groups attached to an aromatic ring is 1. The first kappa shape index (κ1) is 16.4. The first-order chi connectivity index (χ1) is 12.7. The van der Waals surface area contributed by atoms with Crippen molar-refractivity contribution in [2.75, 3.05) is 24.7 Å². The second-order valence-electron chi connectivity index (χ2n) is 5.90. The summed E-state index contributed by atoms with van der Waals surface area (Å²) in [4.78, 5) is 0. The number of halogens is 1. The van der Waals surface area contributed by atoms with Gasteiger partial charge in [0.25, 0.3) is 0 Å². The number of nitrogens with zero attached hydrogens (tertiary/aromatic N) is 1. The number of nitrogens with two attached hydrogens (primary N) is 1. The van der Waals surface area contributed by atoms with Gasteiger partial charge in [-0.25, -0.2) is 0 Å². The third-order valence-electron chi connectivity index (χ3n) is 4.34. The van der Waals surface area contributed by atoms with Gasteiger partial charge < -0.3 is 21.1 Å². The van der Waals surface area contributed by atoms with Gasteiger partial charge in [0.2, 0.25) is 0 Å². The van der Waals surface area contributed by atoms with E-state index < -0.39 is 0 Å². The number of hydrogen-bond donors (Lipinski definition) is 4. The maximum absolute atomic E-state index is 6.26. The molecule has 5 N–H and O–H groups in total. The third-order valence-corrected chi connectivity index (χ3v) is 4.67. The maximum Gasteiger partial charge on any atom is 0.153 e. The van der Waals surface area contributed by atoms with E-state index in [-0.39, 0.29) is 0 Å². The standard InChI is InChI=1S/C19H18ClN5O/c1-26-12-6-4-5-11(9-12)13-10-22-19(17-16(13)18(21)25-24-17)23-15-8-3-2-7-14(15)20/h2-9,22-24H,10H2,1H3,(H2,21,25). The largest absolute Gasteiger partial charge is 0.497 e. The Labute approximate surface area is 155 Å². The van der Waals surface area contributed by atoms with Gasteiger partial charge in [0.05, 0.1) is 23.0 Å². The van der Waals surface area contributed by atoms with Gasteiger partial charge in [-0.1, -0.05) is 35.9 Å². The van der Waals surface area contributed by atoms with Gasteiger partial charge in [0, 0.05) is 6.54 Å². The van der Waals surface area contributed by atoms with E-state index in [1.807, 2.05) is 48.5 Å². The van der Waals surface area contributed by atoms with Gasteiger partial charge >= 0.3 is 0 Å². The number of benzene rings is 2. The molecule has 2 heterocycles. The SMILES string of the molecule is COc1cccc(C2=c3c(N)n[nH]c3=C(Nc3ccccc3Cl)NC2)c1. The average molecular weight is 368 g/mol. The Balaban J connectivity index is 1.89. The number of hydrogen-bond acceptors (Lipinski definition) is 5. The van der Waals surface area contributed by atoms with Crippen LogP contribution in [0.3, 0.4) is 0 Å².